The fourth-order valence-electron chi connectivity index (χ4n) is 3.45. The molecule has 0 bridgehead atoms. The summed E-state index contributed by atoms with van der Waals surface area (Å²) >= 11 is 0. The predicted octanol–water partition coefficient (Wildman–Crippen LogP) is 6.19. The van der Waals surface area contributed by atoms with Gasteiger partial charge < -0.3 is 4.43 Å². The van der Waals surface area contributed by atoms with Crippen LogP contribution in [0.1, 0.15) is 64.7 Å². The molecule has 0 heterocycles. The molecule has 0 N–H and O–H groups in total. The fraction of sp³-hybridized carbons (Fsp3) is 0.778. The van der Waals surface area contributed by atoms with Crippen molar-refractivity contribution in [2.24, 2.45) is 5.41 Å². The summed E-state index contributed by atoms with van der Waals surface area (Å²) in [5.74, 6) is 1.29. The van der Waals surface area contributed by atoms with Gasteiger partial charge in [-0.1, -0.05) is 18.6 Å². The molecule has 0 aromatic rings. The Morgan fingerprint density at radius 2 is 1.95 bits per heavy atom. The molecule has 114 valence electrons. The molecule has 0 aromatic carbocycles. The van der Waals surface area contributed by atoms with Gasteiger partial charge in [-0.05, 0) is 82.5 Å². The summed E-state index contributed by atoms with van der Waals surface area (Å²) in [6.45, 7) is 9.29. The summed E-state index contributed by atoms with van der Waals surface area (Å²) < 4.78 is 6.25. The van der Waals surface area contributed by atoms with Crippen LogP contribution in [0.3, 0.4) is 0 Å². The Balaban J connectivity index is 1.94. The standard InChI is InChI=1S/C18H32OSi/c1-18(14-12-16-9-6-5-7-10-16)13-8-11-17(15-18)19-20(2,3)4/h9,15H,5-8,10-14H2,1-4H3. The van der Waals surface area contributed by atoms with E-state index in [-0.39, 0.29) is 0 Å². The second-order valence-electron chi connectivity index (χ2n) is 7.94. The molecule has 0 aliphatic heterocycles. The fourth-order valence-corrected chi connectivity index (χ4v) is 4.40. The van der Waals surface area contributed by atoms with Crippen molar-refractivity contribution in [3.8, 4) is 0 Å². The minimum Gasteiger partial charge on any atom is -0.548 e. The zero-order valence-corrected chi connectivity index (χ0v) is 14.9. The van der Waals surface area contributed by atoms with Crippen LogP contribution in [0.15, 0.2) is 23.5 Å². The molecular formula is C18H32OSi. The summed E-state index contributed by atoms with van der Waals surface area (Å²) in [6.07, 6.45) is 16.8. The van der Waals surface area contributed by atoms with Crippen molar-refractivity contribution in [2.45, 2.75) is 84.4 Å². The predicted molar refractivity (Wildman–Crippen MR) is 90.3 cm³/mol. The van der Waals surface area contributed by atoms with Gasteiger partial charge >= 0.3 is 0 Å². The van der Waals surface area contributed by atoms with E-state index in [2.05, 4.69) is 38.7 Å². The highest BCUT2D eigenvalue weighted by Gasteiger charge is 2.28. The molecule has 0 saturated heterocycles. The third kappa shape index (κ3) is 5.12. The van der Waals surface area contributed by atoms with Crippen molar-refractivity contribution in [3.63, 3.8) is 0 Å². The van der Waals surface area contributed by atoms with Gasteiger partial charge in [-0.3, -0.25) is 0 Å². The van der Waals surface area contributed by atoms with E-state index in [0.717, 1.165) is 6.42 Å². The van der Waals surface area contributed by atoms with Crippen LogP contribution in [0.2, 0.25) is 19.6 Å². The summed E-state index contributed by atoms with van der Waals surface area (Å²) in [5, 5.41) is 0. The molecule has 1 nitrogen and oxygen atoms in total. The molecule has 2 aliphatic rings. The van der Waals surface area contributed by atoms with Crippen LogP contribution < -0.4 is 0 Å². The number of hydrogen-bond acceptors (Lipinski definition) is 1. The summed E-state index contributed by atoms with van der Waals surface area (Å²) in [7, 11) is -1.44. The Labute approximate surface area is 126 Å². The van der Waals surface area contributed by atoms with E-state index < -0.39 is 8.32 Å². The van der Waals surface area contributed by atoms with Gasteiger partial charge in [-0.15, -0.1) is 0 Å². The normalized spacial score (nSPS) is 27.8. The molecule has 20 heavy (non-hydrogen) atoms. The molecule has 0 amide bonds. The van der Waals surface area contributed by atoms with Crippen LogP contribution in [-0.4, -0.2) is 8.32 Å². The number of hydrogen-bond donors (Lipinski definition) is 0. The largest absolute Gasteiger partial charge is 0.548 e. The van der Waals surface area contributed by atoms with Gasteiger partial charge in [0, 0.05) is 6.42 Å². The molecule has 0 saturated carbocycles. The van der Waals surface area contributed by atoms with Gasteiger partial charge in [-0.25, -0.2) is 0 Å². The van der Waals surface area contributed by atoms with Crippen molar-refractivity contribution in [1.29, 1.82) is 0 Å². The van der Waals surface area contributed by atoms with Crippen molar-refractivity contribution >= 4 is 8.32 Å². The maximum absolute atomic E-state index is 6.25. The quantitative estimate of drug-likeness (QED) is 0.433. The average Bonchev–Trinajstić information content (AvgIpc) is 2.36. The first-order chi connectivity index (χ1) is 9.36. The zero-order valence-electron chi connectivity index (χ0n) is 13.9. The molecule has 2 heteroatoms. The lowest BCUT2D eigenvalue weighted by atomic mass is 9.75. The molecule has 2 aliphatic carbocycles. The zero-order chi connectivity index (χ0) is 14.6. The minimum atomic E-state index is -1.44. The van der Waals surface area contributed by atoms with Crippen LogP contribution in [-0.2, 0) is 4.43 Å². The molecule has 0 aromatic heterocycles. The smallest absolute Gasteiger partial charge is 0.241 e. The average molecular weight is 293 g/mol. The van der Waals surface area contributed by atoms with E-state index in [0.29, 0.717) is 5.41 Å². The van der Waals surface area contributed by atoms with Gasteiger partial charge in [-0.2, -0.15) is 0 Å². The van der Waals surface area contributed by atoms with Crippen LogP contribution in [0, 0.1) is 5.41 Å². The van der Waals surface area contributed by atoms with Crippen LogP contribution in [0.25, 0.3) is 0 Å². The van der Waals surface area contributed by atoms with E-state index in [1.54, 1.807) is 5.57 Å². The van der Waals surface area contributed by atoms with E-state index >= 15 is 0 Å². The van der Waals surface area contributed by atoms with E-state index in [9.17, 15) is 0 Å². The van der Waals surface area contributed by atoms with Gasteiger partial charge in [0.15, 0.2) is 0 Å². The highest BCUT2D eigenvalue weighted by molar-refractivity contribution is 6.70. The summed E-state index contributed by atoms with van der Waals surface area (Å²) in [6, 6.07) is 0. The lowest BCUT2D eigenvalue weighted by molar-refractivity contribution is 0.281. The highest BCUT2D eigenvalue weighted by atomic mass is 28.4. The molecule has 0 spiro atoms. The Morgan fingerprint density at radius 1 is 1.15 bits per heavy atom. The van der Waals surface area contributed by atoms with Gasteiger partial charge in [0.1, 0.15) is 0 Å². The SMILES string of the molecule is CC1(CCC2=CCCCC2)C=C(O[Si](C)(C)C)CCC1. The maximum atomic E-state index is 6.25. The molecule has 1 unspecified atom stereocenters. The van der Waals surface area contributed by atoms with Crippen molar-refractivity contribution in [2.75, 3.05) is 0 Å². The van der Waals surface area contributed by atoms with Gasteiger partial charge in [0.2, 0.25) is 8.32 Å². The summed E-state index contributed by atoms with van der Waals surface area (Å²) in [5.41, 5.74) is 2.08. The number of rotatable bonds is 5. The highest BCUT2D eigenvalue weighted by Crippen LogP contribution is 2.40. The first kappa shape index (κ1) is 15.9. The van der Waals surface area contributed by atoms with E-state index in [4.69, 9.17) is 4.43 Å². The lowest BCUT2D eigenvalue weighted by Crippen LogP contribution is -2.28. The first-order valence-electron chi connectivity index (χ1n) is 8.45. The van der Waals surface area contributed by atoms with Crippen LogP contribution >= 0.6 is 0 Å². The lowest BCUT2D eigenvalue weighted by Gasteiger charge is -2.34. The second-order valence-corrected chi connectivity index (χ2v) is 12.4. The molecular weight excluding hydrogens is 260 g/mol. The van der Waals surface area contributed by atoms with Crippen molar-refractivity contribution in [1.82, 2.24) is 0 Å². The van der Waals surface area contributed by atoms with Crippen LogP contribution in [0.4, 0.5) is 0 Å². The summed E-state index contributed by atoms with van der Waals surface area (Å²) in [4.78, 5) is 0. The Kier molecular flexibility index (Phi) is 5.17. The Bertz CT molecular complexity index is 389. The van der Waals surface area contributed by atoms with Crippen molar-refractivity contribution < 1.29 is 4.43 Å². The third-order valence-electron chi connectivity index (χ3n) is 4.52. The van der Waals surface area contributed by atoms with Gasteiger partial charge in [0.05, 0.1) is 5.76 Å². The maximum Gasteiger partial charge on any atom is 0.241 e. The number of allylic oxidation sites excluding steroid dienone is 4. The van der Waals surface area contributed by atoms with Crippen LogP contribution in [0.5, 0.6) is 0 Å². The molecule has 0 fully saturated rings. The minimum absolute atomic E-state index is 0.367. The van der Waals surface area contributed by atoms with E-state index in [1.165, 1.54) is 57.1 Å². The second kappa shape index (κ2) is 6.51. The topological polar surface area (TPSA) is 9.23 Å². The third-order valence-corrected chi connectivity index (χ3v) is 5.39. The van der Waals surface area contributed by atoms with Crippen molar-refractivity contribution in [3.05, 3.63) is 23.5 Å². The molecule has 0 radical (unpaired) electrons. The Hall–Kier alpha value is -0.503. The molecule has 1 atom stereocenters. The Morgan fingerprint density at radius 3 is 2.60 bits per heavy atom. The van der Waals surface area contributed by atoms with Gasteiger partial charge in [0.25, 0.3) is 0 Å². The molecule has 2 rings (SSSR count). The van der Waals surface area contributed by atoms with E-state index in [1.807, 2.05) is 0 Å². The first-order valence-corrected chi connectivity index (χ1v) is 11.9. The monoisotopic (exact) mass is 292 g/mol.